The van der Waals surface area contributed by atoms with Crippen molar-refractivity contribution >= 4 is 44.0 Å². The fourth-order valence-corrected chi connectivity index (χ4v) is 3.11. The molecular formula is C17H15Br2NO2. The summed E-state index contributed by atoms with van der Waals surface area (Å²) in [6, 6.07) is 15.5. The molecule has 0 bridgehead atoms. The zero-order valence-electron chi connectivity index (χ0n) is 11.8. The van der Waals surface area contributed by atoms with Crippen LogP contribution in [-0.2, 0) is 11.3 Å². The molecule has 2 aromatic carbocycles. The summed E-state index contributed by atoms with van der Waals surface area (Å²) in [5, 5.41) is 2.68. The van der Waals surface area contributed by atoms with Crippen LogP contribution in [0.15, 0.2) is 63.6 Å². The van der Waals surface area contributed by atoms with Crippen LogP contribution >= 0.6 is 31.9 Å². The van der Waals surface area contributed by atoms with Crippen LogP contribution in [0.25, 0.3) is 6.08 Å². The lowest BCUT2D eigenvalue weighted by Crippen LogP contribution is -2.24. The predicted octanol–water partition coefficient (Wildman–Crippen LogP) is 5.15. The van der Waals surface area contributed by atoms with Gasteiger partial charge in [0.25, 0.3) is 0 Å². The molecule has 5 heteroatoms. The molecule has 114 valence electrons. The summed E-state index contributed by atoms with van der Waals surface area (Å²) < 4.78 is 7.11. The molecule has 0 fully saturated rings. The molecule has 3 nitrogen and oxygen atoms in total. The van der Waals surface area contributed by atoms with Gasteiger partial charge in [-0.05, 0) is 29.3 Å². The highest BCUT2D eigenvalue weighted by Gasteiger charge is 2.00. The van der Waals surface area contributed by atoms with E-state index in [0.717, 1.165) is 20.1 Å². The van der Waals surface area contributed by atoms with Gasteiger partial charge in [-0.2, -0.15) is 0 Å². The van der Waals surface area contributed by atoms with Crippen molar-refractivity contribution in [2.24, 2.45) is 0 Å². The minimum Gasteiger partial charge on any atom is -0.445 e. The number of carbonyl (C=O) groups excluding carboxylic acids is 1. The maximum absolute atomic E-state index is 11.6. The first kappa shape index (κ1) is 16.8. The Morgan fingerprint density at radius 2 is 1.77 bits per heavy atom. The van der Waals surface area contributed by atoms with Gasteiger partial charge in [-0.15, -0.1) is 0 Å². The summed E-state index contributed by atoms with van der Waals surface area (Å²) in [5.41, 5.74) is 2.01. The second kappa shape index (κ2) is 8.76. The third-order valence-electron chi connectivity index (χ3n) is 2.77. The van der Waals surface area contributed by atoms with Gasteiger partial charge in [0.15, 0.2) is 0 Å². The second-order valence-electron chi connectivity index (χ2n) is 4.55. The van der Waals surface area contributed by atoms with E-state index in [1.165, 1.54) is 0 Å². The lowest BCUT2D eigenvalue weighted by molar-refractivity contribution is 0.141. The summed E-state index contributed by atoms with van der Waals surface area (Å²) in [6.45, 7) is 0.687. The van der Waals surface area contributed by atoms with Crippen LogP contribution in [0.3, 0.4) is 0 Å². The van der Waals surface area contributed by atoms with Gasteiger partial charge in [-0.3, -0.25) is 0 Å². The number of rotatable bonds is 5. The first-order valence-corrected chi connectivity index (χ1v) is 8.29. The molecule has 1 amide bonds. The molecule has 0 unspecified atom stereocenters. The number of nitrogens with one attached hydrogen (secondary N) is 1. The quantitative estimate of drug-likeness (QED) is 0.720. The van der Waals surface area contributed by atoms with E-state index >= 15 is 0 Å². The summed E-state index contributed by atoms with van der Waals surface area (Å²) in [7, 11) is 0. The van der Waals surface area contributed by atoms with Gasteiger partial charge in [-0.25, -0.2) is 4.79 Å². The normalized spacial score (nSPS) is 10.6. The van der Waals surface area contributed by atoms with E-state index in [9.17, 15) is 4.79 Å². The third kappa shape index (κ3) is 6.03. The molecule has 0 aliphatic heterocycles. The second-order valence-corrected chi connectivity index (χ2v) is 6.38. The molecule has 0 saturated carbocycles. The Labute approximate surface area is 146 Å². The molecule has 0 atom stereocenters. The molecule has 0 saturated heterocycles. The van der Waals surface area contributed by atoms with Crippen molar-refractivity contribution in [1.29, 1.82) is 0 Å². The molecule has 0 spiro atoms. The SMILES string of the molecule is O=C(NCC=Cc1cc(Br)cc(Br)c1)OCc1ccccc1. The smallest absolute Gasteiger partial charge is 0.407 e. The number of benzene rings is 2. The van der Waals surface area contributed by atoms with Crippen LogP contribution < -0.4 is 5.32 Å². The van der Waals surface area contributed by atoms with E-state index in [2.05, 4.69) is 37.2 Å². The fraction of sp³-hybridized carbons (Fsp3) is 0.118. The van der Waals surface area contributed by atoms with Crippen molar-refractivity contribution in [2.45, 2.75) is 6.61 Å². The Kier molecular flexibility index (Phi) is 6.68. The van der Waals surface area contributed by atoms with Crippen molar-refractivity contribution in [1.82, 2.24) is 5.32 Å². The highest BCUT2D eigenvalue weighted by atomic mass is 79.9. The number of carbonyl (C=O) groups is 1. The molecule has 0 radical (unpaired) electrons. The molecule has 0 aliphatic carbocycles. The highest BCUT2D eigenvalue weighted by Crippen LogP contribution is 2.20. The molecule has 0 heterocycles. The first-order valence-electron chi connectivity index (χ1n) is 6.70. The summed E-state index contributed by atoms with van der Waals surface area (Å²) in [6.07, 6.45) is 3.38. The van der Waals surface area contributed by atoms with E-state index in [-0.39, 0.29) is 6.61 Å². The Morgan fingerprint density at radius 1 is 1.09 bits per heavy atom. The van der Waals surface area contributed by atoms with Crippen LogP contribution in [0, 0.1) is 0 Å². The van der Waals surface area contributed by atoms with E-state index in [4.69, 9.17) is 4.74 Å². The van der Waals surface area contributed by atoms with Crippen molar-refractivity contribution < 1.29 is 9.53 Å². The molecule has 0 aliphatic rings. The van der Waals surface area contributed by atoms with Crippen LogP contribution in [0.5, 0.6) is 0 Å². The maximum atomic E-state index is 11.6. The third-order valence-corrected chi connectivity index (χ3v) is 3.69. The Balaban J connectivity index is 1.73. The number of alkyl carbamates (subject to hydrolysis) is 1. The van der Waals surface area contributed by atoms with Gasteiger partial charge in [-0.1, -0.05) is 74.3 Å². The zero-order chi connectivity index (χ0) is 15.8. The van der Waals surface area contributed by atoms with Gasteiger partial charge >= 0.3 is 6.09 Å². The lowest BCUT2D eigenvalue weighted by atomic mass is 10.2. The maximum Gasteiger partial charge on any atom is 0.407 e. The number of ether oxygens (including phenoxy) is 1. The van der Waals surface area contributed by atoms with Crippen LogP contribution in [0.4, 0.5) is 4.79 Å². The van der Waals surface area contributed by atoms with Gasteiger partial charge in [0.2, 0.25) is 0 Å². The highest BCUT2D eigenvalue weighted by molar-refractivity contribution is 9.11. The van der Waals surface area contributed by atoms with E-state index in [0.29, 0.717) is 6.54 Å². The number of hydrogen-bond acceptors (Lipinski definition) is 2. The van der Waals surface area contributed by atoms with Gasteiger partial charge < -0.3 is 10.1 Å². The van der Waals surface area contributed by atoms with Gasteiger partial charge in [0.1, 0.15) is 6.61 Å². The Bertz CT molecular complexity index is 637. The monoisotopic (exact) mass is 423 g/mol. The summed E-state index contributed by atoms with van der Waals surface area (Å²) in [4.78, 5) is 11.6. The molecule has 0 aromatic heterocycles. The average Bonchev–Trinajstić information content (AvgIpc) is 2.50. The fourth-order valence-electron chi connectivity index (χ4n) is 1.78. The standard InChI is InChI=1S/C17H15Br2NO2/c18-15-9-14(10-16(19)11-15)7-4-8-20-17(21)22-12-13-5-2-1-3-6-13/h1-7,9-11H,8,12H2,(H,20,21). The summed E-state index contributed by atoms with van der Waals surface area (Å²) >= 11 is 6.87. The van der Waals surface area contributed by atoms with Gasteiger partial charge in [0.05, 0.1) is 0 Å². The van der Waals surface area contributed by atoms with E-state index in [1.54, 1.807) is 0 Å². The molecule has 1 N–H and O–H groups in total. The minimum absolute atomic E-state index is 0.273. The molecule has 22 heavy (non-hydrogen) atoms. The van der Waals surface area contributed by atoms with Gasteiger partial charge in [0, 0.05) is 15.5 Å². The Morgan fingerprint density at radius 3 is 2.45 bits per heavy atom. The van der Waals surface area contributed by atoms with Crippen molar-refractivity contribution in [3.8, 4) is 0 Å². The summed E-state index contributed by atoms with van der Waals surface area (Å²) in [5.74, 6) is 0. The average molecular weight is 425 g/mol. The van der Waals surface area contributed by atoms with E-state index < -0.39 is 6.09 Å². The zero-order valence-corrected chi connectivity index (χ0v) is 14.9. The van der Waals surface area contributed by atoms with Crippen molar-refractivity contribution in [3.05, 3.63) is 74.7 Å². The first-order chi connectivity index (χ1) is 10.6. The predicted molar refractivity (Wildman–Crippen MR) is 95.5 cm³/mol. The number of halogens is 2. The van der Waals surface area contributed by atoms with Crippen LogP contribution in [0.1, 0.15) is 11.1 Å². The molecule has 2 aromatic rings. The Hall–Kier alpha value is -1.59. The van der Waals surface area contributed by atoms with Crippen LogP contribution in [-0.4, -0.2) is 12.6 Å². The van der Waals surface area contributed by atoms with Crippen molar-refractivity contribution in [3.63, 3.8) is 0 Å². The topological polar surface area (TPSA) is 38.3 Å². The van der Waals surface area contributed by atoms with Crippen molar-refractivity contribution in [2.75, 3.05) is 6.54 Å². The van der Waals surface area contributed by atoms with E-state index in [1.807, 2.05) is 60.7 Å². The largest absolute Gasteiger partial charge is 0.445 e. The van der Waals surface area contributed by atoms with Crippen LogP contribution in [0.2, 0.25) is 0 Å². The lowest BCUT2D eigenvalue weighted by Gasteiger charge is -2.05. The molecular weight excluding hydrogens is 410 g/mol. The molecule has 2 rings (SSSR count). The number of hydrogen-bond donors (Lipinski definition) is 1. The number of amides is 1. The minimum atomic E-state index is -0.427.